The Kier molecular flexibility index (Phi) is 6.06. The number of carbonyl (C=O) groups excluding carboxylic acids is 1. The quantitative estimate of drug-likeness (QED) is 0.645. The molecule has 0 bridgehead atoms. The SMILES string of the molecule is Cc1c(NCc2nc(-c3ccc(Cl)cc3)no2)cccc1C(=O)N1CCSCC1. The molecule has 150 valence electrons. The van der Waals surface area contributed by atoms with Crippen molar-refractivity contribution in [3.05, 3.63) is 64.5 Å². The van der Waals surface area contributed by atoms with Crippen LogP contribution >= 0.6 is 23.4 Å². The molecule has 29 heavy (non-hydrogen) atoms. The normalized spacial score (nSPS) is 14.1. The number of hydrogen-bond donors (Lipinski definition) is 1. The van der Waals surface area contributed by atoms with Crippen LogP contribution in [0, 0.1) is 6.92 Å². The van der Waals surface area contributed by atoms with Crippen LogP contribution in [0.5, 0.6) is 0 Å². The predicted octanol–water partition coefficient (Wildman–Crippen LogP) is 4.50. The number of amides is 1. The fraction of sp³-hybridized carbons (Fsp3) is 0.286. The first-order valence-corrected chi connectivity index (χ1v) is 10.9. The van der Waals surface area contributed by atoms with Crippen molar-refractivity contribution in [1.82, 2.24) is 15.0 Å². The van der Waals surface area contributed by atoms with Crippen LogP contribution in [0.3, 0.4) is 0 Å². The highest BCUT2D eigenvalue weighted by Gasteiger charge is 2.21. The third-order valence-corrected chi connectivity index (χ3v) is 6.06. The van der Waals surface area contributed by atoms with Crippen LogP contribution in [-0.2, 0) is 6.54 Å². The molecule has 1 fully saturated rings. The van der Waals surface area contributed by atoms with Gasteiger partial charge < -0.3 is 14.7 Å². The average molecular weight is 429 g/mol. The zero-order valence-corrected chi connectivity index (χ0v) is 17.6. The van der Waals surface area contributed by atoms with Gasteiger partial charge in [0.15, 0.2) is 0 Å². The van der Waals surface area contributed by atoms with Crippen LogP contribution in [0.2, 0.25) is 5.02 Å². The molecule has 0 spiro atoms. The summed E-state index contributed by atoms with van der Waals surface area (Å²) in [5.74, 6) is 3.07. The Balaban J connectivity index is 1.45. The van der Waals surface area contributed by atoms with E-state index in [0.717, 1.165) is 47.0 Å². The molecule has 3 aromatic rings. The maximum absolute atomic E-state index is 12.9. The van der Waals surface area contributed by atoms with Crippen LogP contribution in [0.15, 0.2) is 47.0 Å². The highest BCUT2D eigenvalue weighted by Crippen LogP contribution is 2.23. The molecule has 1 N–H and O–H groups in total. The zero-order chi connectivity index (χ0) is 20.2. The van der Waals surface area contributed by atoms with E-state index >= 15 is 0 Å². The first kappa shape index (κ1) is 19.8. The fourth-order valence-electron chi connectivity index (χ4n) is 3.21. The first-order valence-electron chi connectivity index (χ1n) is 9.41. The van der Waals surface area contributed by atoms with Crippen molar-refractivity contribution in [1.29, 1.82) is 0 Å². The summed E-state index contributed by atoms with van der Waals surface area (Å²) in [6, 6.07) is 13.0. The molecule has 2 aromatic carbocycles. The summed E-state index contributed by atoms with van der Waals surface area (Å²) in [7, 11) is 0. The second-order valence-electron chi connectivity index (χ2n) is 6.75. The predicted molar refractivity (Wildman–Crippen MR) is 116 cm³/mol. The molecule has 0 aliphatic carbocycles. The largest absolute Gasteiger partial charge is 0.376 e. The minimum absolute atomic E-state index is 0.0919. The van der Waals surface area contributed by atoms with Gasteiger partial charge >= 0.3 is 0 Å². The molecule has 1 aromatic heterocycles. The number of halogens is 1. The molecule has 1 aliphatic rings. The van der Waals surface area contributed by atoms with E-state index in [-0.39, 0.29) is 5.91 Å². The molecule has 0 saturated carbocycles. The summed E-state index contributed by atoms with van der Waals surface area (Å²) < 4.78 is 5.35. The molecule has 6 nitrogen and oxygen atoms in total. The molecule has 1 saturated heterocycles. The second kappa shape index (κ2) is 8.88. The lowest BCUT2D eigenvalue weighted by Crippen LogP contribution is -2.38. The molecule has 1 aliphatic heterocycles. The van der Waals surface area contributed by atoms with Crippen LogP contribution in [0.25, 0.3) is 11.4 Å². The van der Waals surface area contributed by atoms with Gasteiger partial charge in [-0.05, 0) is 48.9 Å². The number of nitrogens with one attached hydrogen (secondary N) is 1. The molecule has 4 rings (SSSR count). The van der Waals surface area contributed by atoms with Gasteiger partial charge in [-0.1, -0.05) is 22.8 Å². The highest BCUT2D eigenvalue weighted by atomic mass is 35.5. The third kappa shape index (κ3) is 4.57. The highest BCUT2D eigenvalue weighted by molar-refractivity contribution is 7.99. The Morgan fingerprint density at radius 1 is 1.21 bits per heavy atom. The number of carbonyl (C=O) groups is 1. The Hall–Kier alpha value is -2.51. The maximum atomic E-state index is 12.9. The minimum atomic E-state index is 0.0919. The smallest absolute Gasteiger partial charge is 0.254 e. The molecular weight excluding hydrogens is 408 g/mol. The number of nitrogens with zero attached hydrogens (tertiary/aromatic N) is 3. The Morgan fingerprint density at radius 2 is 1.97 bits per heavy atom. The molecule has 0 atom stereocenters. The van der Waals surface area contributed by atoms with Crippen molar-refractivity contribution in [2.75, 3.05) is 29.9 Å². The summed E-state index contributed by atoms with van der Waals surface area (Å²) in [4.78, 5) is 19.2. The molecule has 0 unspecified atom stereocenters. The van der Waals surface area contributed by atoms with Gasteiger partial charge in [-0.15, -0.1) is 0 Å². The van der Waals surface area contributed by atoms with Crippen LogP contribution in [-0.4, -0.2) is 45.5 Å². The number of benzene rings is 2. The van der Waals surface area contributed by atoms with Crippen molar-refractivity contribution in [3.8, 4) is 11.4 Å². The summed E-state index contributed by atoms with van der Waals surface area (Å²) in [5, 5.41) is 7.99. The lowest BCUT2D eigenvalue weighted by molar-refractivity contribution is 0.0771. The minimum Gasteiger partial charge on any atom is -0.376 e. The number of rotatable bonds is 5. The Morgan fingerprint density at radius 3 is 2.72 bits per heavy atom. The number of thioether (sulfide) groups is 1. The lowest BCUT2D eigenvalue weighted by atomic mass is 10.1. The van der Waals surface area contributed by atoms with E-state index in [4.69, 9.17) is 16.1 Å². The van der Waals surface area contributed by atoms with E-state index < -0.39 is 0 Å². The lowest BCUT2D eigenvalue weighted by Gasteiger charge is -2.27. The van der Waals surface area contributed by atoms with Crippen molar-refractivity contribution < 1.29 is 9.32 Å². The number of aromatic nitrogens is 2. The first-order chi connectivity index (χ1) is 14.1. The number of hydrogen-bond acceptors (Lipinski definition) is 6. The van der Waals surface area contributed by atoms with Crippen LogP contribution in [0.4, 0.5) is 5.69 Å². The monoisotopic (exact) mass is 428 g/mol. The topological polar surface area (TPSA) is 71.3 Å². The van der Waals surface area contributed by atoms with E-state index in [9.17, 15) is 4.79 Å². The second-order valence-corrected chi connectivity index (χ2v) is 8.42. The summed E-state index contributed by atoms with van der Waals surface area (Å²) in [6.45, 7) is 3.94. The average Bonchev–Trinajstić information content (AvgIpc) is 3.23. The summed E-state index contributed by atoms with van der Waals surface area (Å²) in [5.41, 5.74) is 3.38. The van der Waals surface area contributed by atoms with Gasteiger partial charge in [0.25, 0.3) is 5.91 Å². The molecule has 8 heteroatoms. The van der Waals surface area contributed by atoms with Crippen LogP contribution in [0.1, 0.15) is 21.8 Å². The van der Waals surface area contributed by atoms with Crippen molar-refractivity contribution in [3.63, 3.8) is 0 Å². The van der Waals surface area contributed by atoms with Gasteiger partial charge in [-0.2, -0.15) is 16.7 Å². The van der Waals surface area contributed by atoms with Gasteiger partial charge in [-0.25, -0.2) is 0 Å². The van der Waals surface area contributed by atoms with E-state index in [2.05, 4.69) is 15.5 Å². The van der Waals surface area contributed by atoms with Gasteiger partial charge in [0.2, 0.25) is 11.7 Å². The van der Waals surface area contributed by atoms with Crippen molar-refractivity contribution >= 4 is 35.0 Å². The van der Waals surface area contributed by atoms with E-state index in [1.165, 1.54) is 0 Å². The molecular formula is C21H21ClN4O2S. The third-order valence-electron chi connectivity index (χ3n) is 4.86. The van der Waals surface area contributed by atoms with E-state index in [0.29, 0.717) is 23.3 Å². The van der Waals surface area contributed by atoms with Gasteiger partial charge in [0.05, 0.1) is 6.54 Å². The van der Waals surface area contributed by atoms with Gasteiger partial charge in [0, 0.05) is 46.4 Å². The van der Waals surface area contributed by atoms with Crippen molar-refractivity contribution in [2.24, 2.45) is 0 Å². The van der Waals surface area contributed by atoms with Gasteiger partial charge in [-0.3, -0.25) is 4.79 Å². The van der Waals surface area contributed by atoms with E-state index in [1.807, 2.05) is 53.9 Å². The summed E-state index contributed by atoms with van der Waals surface area (Å²) >= 11 is 7.81. The van der Waals surface area contributed by atoms with Gasteiger partial charge in [0.1, 0.15) is 0 Å². The standard InChI is InChI=1S/C21H21ClN4O2S/c1-14-17(21(27)26-9-11-29-12-10-26)3-2-4-18(14)23-13-19-24-20(25-28-19)15-5-7-16(22)8-6-15/h2-8,23H,9-13H2,1H3. The zero-order valence-electron chi connectivity index (χ0n) is 16.0. The molecule has 0 radical (unpaired) electrons. The Bertz CT molecular complexity index is 1000. The molecule has 2 heterocycles. The van der Waals surface area contributed by atoms with Crippen molar-refractivity contribution in [2.45, 2.75) is 13.5 Å². The Labute approximate surface area is 178 Å². The van der Waals surface area contributed by atoms with E-state index in [1.54, 1.807) is 12.1 Å². The number of anilines is 1. The molecule has 1 amide bonds. The maximum Gasteiger partial charge on any atom is 0.254 e. The summed E-state index contributed by atoms with van der Waals surface area (Å²) in [6.07, 6.45) is 0. The van der Waals surface area contributed by atoms with Crippen LogP contribution < -0.4 is 5.32 Å². The fourth-order valence-corrected chi connectivity index (χ4v) is 4.24.